The van der Waals surface area contributed by atoms with Crippen molar-refractivity contribution in [3.05, 3.63) is 170 Å². The van der Waals surface area contributed by atoms with E-state index >= 15 is 9.13 Å². The van der Waals surface area contributed by atoms with Crippen LogP contribution < -0.4 is 31.8 Å². The number of hydrogen-bond acceptors (Lipinski definition) is 6. The summed E-state index contributed by atoms with van der Waals surface area (Å²) >= 11 is 0. The lowest BCUT2D eigenvalue weighted by atomic mass is 10.1. The standard InChI is InChI=1S/C38H28N4O2P2/c43-45(29-15-5-1-6-16-29,30-17-7-2-8-18-30)35-27-34(38-41-25-14-26-42-38)36(28-33(35)37-39-23-13-24-40-37)46(44,31-19-9-3-10-20-31)32-21-11-4-12-22-32/h1-28H. The summed E-state index contributed by atoms with van der Waals surface area (Å²) < 4.78 is 31.9. The predicted molar refractivity (Wildman–Crippen MR) is 187 cm³/mol. The Kier molecular flexibility index (Phi) is 8.07. The summed E-state index contributed by atoms with van der Waals surface area (Å²) in [4.78, 5) is 18.5. The van der Waals surface area contributed by atoms with Gasteiger partial charge in [-0.15, -0.1) is 0 Å². The van der Waals surface area contributed by atoms with Crippen LogP contribution in [0.1, 0.15) is 0 Å². The molecule has 0 amide bonds. The molecule has 0 spiro atoms. The van der Waals surface area contributed by atoms with E-state index in [1.165, 1.54) is 0 Å². The highest BCUT2D eigenvalue weighted by Gasteiger charge is 2.38. The first-order chi connectivity index (χ1) is 22.6. The molecule has 0 aliphatic heterocycles. The lowest BCUT2D eigenvalue weighted by molar-refractivity contribution is 0.591. The molecular formula is C38H28N4O2P2. The van der Waals surface area contributed by atoms with E-state index in [4.69, 9.17) is 0 Å². The molecule has 0 radical (unpaired) electrons. The third kappa shape index (κ3) is 5.22. The van der Waals surface area contributed by atoms with Gasteiger partial charge in [0.1, 0.15) is 0 Å². The van der Waals surface area contributed by atoms with Crippen molar-refractivity contribution in [3.8, 4) is 22.8 Å². The average molecular weight is 635 g/mol. The molecule has 0 bridgehead atoms. The van der Waals surface area contributed by atoms with Crippen LogP contribution in [0, 0.1) is 0 Å². The summed E-state index contributed by atoms with van der Waals surface area (Å²) in [7, 11) is -7.14. The first-order valence-electron chi connectivity index (χ1n) is 14.8. The van der Waals surface area contributed by atoms with Crippen molar-refractivity contribution in [2.45, 2.75) is 0 Å². The van der Waals surface area contributed by atoms with Gasteiger partial charge >= 0.3 is 0 Å². The van der Waals surface area contributed by atoms with Gasteiger partial charge in [-0.05, 0) is 24.3 Å². The van der Waals surface area contributed by atoms with Gasteiger partial charge in [-0.3, -0.25) is 0 Å². The zero-order valence-corrected chi connectivity index (χ0v) is 26.5. The van der Waals surface area contributed by atoms with Crippen LogP contribution in [0.5, 0.6) is 0 Å². The molecule has 0 unspecified atom stereocenters. The fourth-order valence-corrected chi connectivity index (χ4v) is 11.4. The molecule has 5 aromatic carbocycles. The van der Waals surface area contributed by atoms with Gasteiger partial charge in [-0.2, -0.15) is 0 Å². The van der Waals surface area contributed by atoms with Crippen molar-refractivity contribution in [1.29, 1.82) is 0 Å². The van der Waals surface area contributed by atoms with E-state index in [0.717, 1.165) is 0 Å². The quantitative estimate of drug-likeness (QED) is 0.194. The van der Waals surface area contributed by atoms with Crippen molar-refractivity contribution in [1.82, 2.24) is 19.9 Å². The maximum atomic E-state index is 15.9. The molecule has 0 aliphatic rings. The van der Waals surface area contributed by atoms with Crippen LogP contribution in [0.2, 0.25) is 0 Å². The van der Waals surface area contributed by atoms with Crippen molar-refractivity contribution in [2.24, 2.45) is 0 Å². The van der Waals surface area contributed by atoms with E-state index in [9.17, 15) is 0 Å². The van der Waals surface area contributed by atoms with E-state index in [1.54, 1.807) is 36.9 Å². The monoisotopic (exact) mass is 634 g/mol. The van der Waals surface area contributed by atoms with Crippen molar-refractivity contribution >= 4 is 46.1 Å². The van der Waals surface area contributed by atoms with Crippen LogP contribution in [0.25, 0.3) is 22.8 Å². The molecule has 0 fully saturated rings. The van der Waals surface area contributed by atoms with Gasteiger partial charge in [-0.1, -0.05) is 121 Å². The lowest BCUT2D eigenvalue weighted by Crippen LogP contribution is -2.31. The average Bonchev–Trinajstić information content (AvgIpc) is 3.16. The zero-order chi connectivity index (χ0) is 31.4. The van der Waals surface area contributed by atoms with Crippen LogP contribution in [0.15, 0.2) is 170 Å². The molecular weight excluding hydrogens is 606 g/mol. The van der Waals surface area contributed by atoms with Crippen molar-refractivity contribution in [2.75, 3.05) is 0 Å². The smallest absolute Gasteiger partial charge is 0.171 e. The minimum absolute atomic E-state index is 0.374. The van der Waals surface area contributed by atoms with Gasteiger partial charge in [0.15, 0.2) is 25.9 Å². The minimum atomic E-state index is -3.57. The molecule has 0 N–H and O–H groups in total. The Hall–Kier alpha value is -5.28. The molecule has 0 saturated carbocycles. The number of hydrogen-bond donors (Lipinski definition) is 0. The van der Waals surface area contributed by atoms with Gasteiger partial charge in [-0.25, -0.2) is 19.9 Å². The van der Waals surface area contributed by atoms with Crippen LogP contribution in [0.4, 0.5) is 0 Å². The Morgan fingerprint density at radius 1 is 0.348 bits per heavy atom. The van der Waals surface area contributed by atoms with E-state index in [1.807, 2.05) is 133 Å². The van der Waals surface area contributed by atoms with Crippen LogP contribution in [0.3, 0.4) is 0 Å². The van der Waals surface area contributed by atoms with Gasteiger partial charge in [0.05, 0.1) is 0 Å². The summed E-state index contributed by atoms with van der Waals surface area (Å²) in [6, 6.07) is 45.0. The summed E-state index contributed by atoms with van der Waals surface area (Å²) in [6.45, 7) is 0. The highest BCUT2D eigenvalue weighted by molar-refractivity contribution is 7.86. The van der Waals surface area contributed by atoms with Gasteiger partial charge < -0.3 is 9.13 Å². The zero-order valence-electron chi connectivity index (χ0n) is 24.7. The number of benzene rings is 5. The van der Waals surface area contributed by atoms with Gasteiger partial charge in [0.25, 0.3) is 0 Å². The fourth-order valence-electron chi connectivity index (χ4n) is 5.74. The first-order valence-corrected chi connectivity index (χ1v) is 18.2. The number of nitrogens with zero attached hydrogens (tertiary/aromatic N) is 4. The minimum Gasteiger partial charge on any atom is -0.309 e. The predicted octanol–water partition coefficient (Wildman–Crippen LogP) is 5.88. The SMILES string of the molecule is O=P(c1ccccc1)(c1ccccc1)c1cc(-c2ncccn2)c(P(=O)(c2ccccc2)c2ccccc2)cc1-c1ncccn1. The molecule has 2 aromatic heterocycles. The van der Waals surface area contributed by atoms with Crippen LogP contribution in [-0.2, 0) is 9.13 Å². The molecule has 7 rings (SSSR count). The van der Waals surface area contributed by atoms with Crippen molar-refractivity contribution in [3.63, 3.8) is 0 Å². The van der Waals surface area contributed by atoms with E-state index in [2.05, 4.69) is 19.9 Å². The summed E-state index contributed by atoms with van der Waals surface area (Å²) in [5, 5.41) is 3.63. The molecule has 7 aromatic rings. The van der Waals surface area contributed by atoms with E-state index < -0.39 is 14.3 Å². The summed E-state index contributed by atoms with van der Waals surface area (Å²) in [6.07, 6.45) is 6.63. The highest BCUT2D eigenvalue weighted by Crippen LogP contribution is 2.49. The molecule has 8 heteroatoms. The Morgan fingerprint density at radius 2 is 0.609 bits per heavy atom. The highest BCUT2D eigenvalue weighted by atomic mass is 31.2. The Bertz CT molecular complexity index is 1940. The Balaban J connectivity index is 1.66. The fraction of sp³-hybridized carbons (Fsp3) is 0. The van der Waals surface area contributed by atoms with Crippen LogP contribution in [-0.4, -0.2) is 19.9 Å². The molecule has 6 nitrogen and oxygen atoms in total. The maximum Gasteiger partial charge on any atom is 0.171 e. The largest absolute Gasteiger partial charge is 0.309 e. The van der Waals surface area contributed by atoms with Gasteiger partial charge in [0.2, 0.25) is 0 Å². The second kappa shape index (κ2) is 12.6. The topological polar surface area (TPSA) is 85.7 Å². The molecule has 222 valence electrons. The normalized spacial score (nSPS) is 11.7. The third-order valence-electron chi connectivity index (χ3n) is 7.89. The Labute approximate surface area is 267 Å². The summed E-state index contributed by atoms with van der Waals surface area (Å²) in [5.74, 6) is 0.748. The second-order valence-electron chi connectivity index (χ2n) is 10.6. The lowest BCUT2D eigenvalue weighted by Gasteiger charge is -2.27. The molecule has 0 aliphatic carbocycles. The number of aromatic nitrogens is 4. The first kappa shape index (κ1) is 29.4. The summed E-state index contributed by atoms with van der Waals surface area (Å²) in [5.41, 5.74) is 1.05. The van der Waals surface area contributed by atoms with E-state index in [0.29, 0.717) is 54.6 Å². The second-order valence-corrected chi connectivity index (χ2v) is 16.1. The Morgan fingerprint density at radius 3 is 0.870 bits per heavy atom. The number of rotatable bonds is 8. The third-order valence-corrected chi connectivity index (χ3v) is 14.1. The van der Waals surface area contributed by atoms with Crippen molar-refractivity contribution < 1.29 is 9.13 Å². The molecule has 0 atom stereocenters. The molecule has 0 saturated heterocycles. The molecule has 2 heterocycles. The maximum absolute atomic E-state index is 15.9. The van der Waals surface area contributed by atoms with Gasteiger partial charge in [0, 0.05) is 67.7 Å². The van der Waals surface area contributed by atoms with Crippen LogP contribution >= 0.6 is 14.3 Å². The molecule has 46 heavy (non-hydrogen) atoms. The van der Waals surface area contributed by atoms with E-state index in [-0.39, 0.29) is 0 Å².